The minimum Gasteiger partial charge on any atom is -0.334 e. The van der Waals surface area contributed by atoms with E-state index in [1.165, 1.54) is 6.07 Å². The smallest absolute Gasteiger partial charge is 0.319 e. The number of hydrogen-bond donors (Lipinski definition) is 2. The van der Waals surface area contributed by atoms with Crippen molar-refractivity contribution in [3.05, 3.63) is 65.0 Å². The fourth-order valence-electron chi connectivity index (χ4n) is 1.87. The van der Waals surface area contributed by atoms with Crippen molar-refractivity contribution in [1.29, 1.82) is 0 Å². The molecule has 0 bridgehead atoms. The van der Waals surface area contributed by atoms with Crippen LogP contribution in [0.25, 0.3) is 0 Å². The molecular formula is C16H17FN2O. The van der Waals surface area contributed by atoms with Gasteiger partial charge in [0.2, 0.25) is 0 Å². The van der Waals surface area contributed by atoms with Crippen LogP contribution in [-0.4, -0.2) is 6.03 Å². The largest absolute Gasteiger partial charge is 0.334 e. The SMILES string of the molecule is Cc1ccc(NC(=O)NCc2ccccc2C)c(F)c1. The molecule has 0 spiro atoms. The van der Waals surface area contributed by atoms with Crippen LogP contribution in [-0.2, 0) is 6.54 Å². The van der Waals surface area contributed by atoms with E-state index >= 15 is 0 Å². The second-order valence-electron chi connectivity index (χ2n) is 4.72. The number of rotatable bonds is 3. The third kappa shape index (κ3) is 3.57. The third-order valence-corrected chi connectivity index (χ3v) is 3.07. The zero-order valence-corrected chi connectivity index (χ0v) is 11.5. The van der Waals surface area contributed by atoms with Gasteiger partial charge in [-0.1, -0.05) is 30.3 Å². The van der Waals surface area contributed by atoms with Crippen LogP contribution < -0.4 is 10.6 Å². The number of anilines is 1. The molecule has 2 N–H and O–H groups in total. The Hall–Kier alpha value is -2.36. The molecule has 0 heterocycles. The second-order valence-corrected chi connectivity index (χ2v) is 4.72. The molecule has 0 atom stereocenters. The number of aryl methyl sites for hydroxylation is 2. The summed E-state index contributed by atoms with van der Waals surface area (Å²) < 4.78 is 13.6. The highest BCUT2D eigenvalue weighted by molar-refractivity contribution is 5.89. The molecular weight excluding hydrogens is 255 g/mol. The maximum atomic E-state index is 13.6. The molecule has 2 aromatic rings. The van der Waals surface area contributed by atoms with E-state index in [1.54, 1.807) is 19.1 Å². The molecule has 3 nitrogen and oxygen atoms in total. The molecule has 0 saturated heterocycles. The van der Waals surface area contributed by atoms with Crippen molar-refractivity contribution in [3.8, 4) is 0 Å². The van der Waals surface area contributed by atoms with Crippen molar-refractivity contribution in [2.45, 2.75) is 20.4 Å². The number of halogens is 1. The zero-order valence-electron chi connectivity index (χ0n) is 11.5. The van der Waals surface area contributed by atoms with Gasteiger partial charge in [-0.2, -0.15) is 0 Å². The van der Waals surface area contributed by atoms with Crippen LogP contribution in [0, 0.1) is 19.7 Å². The van der Waals surface area contributed by atoms with Gasteiger partial charge in [-0.05, 0) is 42.7 Å². The van der Waals surface area contributed by atoms with Crippen molar-refractivity contribution in [2.75, 3.05) is 5.32 Å². The van der Waals surface area contributed by atoms with Gasteiger partial charge in [0.1, 0.15) is 5.82 Å². The topological polar surface area (TPSA) is 41.1 Å². The van der Waals surface area contributed by atoms with E-state index in [0.717, 1.165) is 16.7 Å². The first kappa shape index (κ1) is 14.1. The first-order valence-electron chi connectivity index (χ1n) is 6.42. The molecule has 0 radical (unpaired) electrons. The maximum absolute atomic E-state index is 13.6. The number of urea groups is 1. The maximum Gasteiger partial charge on any atom is 0.319 e. The number of nitrogens with one attached hydrogen (secondary N) is 2. The Morgan fingerprint density at radius 3 is 2.60 bits per heavy atom. The van der Waals surface area contributed by atoms with E-state index < -0.39 is 11.8 Å². The molecule has 0 unspecified atom stereocenters. The summed E-state index contributed by atoms with van der Waals surface area (Å²) in [7, 11) is 0. The summed E-state index contributed by atoms with van der Waals surface area (Å²) in [6, 6.07) is 12.1. The normalized spacial score (nSPS) is 10.2. The molecule has 0 aliphatic carbocycles. The van der Waals surface area contributed by atoms with Crippen LogP contribution in [0.1, 0.15) is 16.7 Å². The van der Waals surface area contributed by atoms with Gasteiger partial charge in [0.05, 0.1) is 5.69 Å². The highest BCUT2D eigenvalue weighted by Gasteiger charge is 2.07. The Morgan fingerprint density at radius 2 is 1.90 bits per heavy atom. The minimum absolute atomic E-state index is 0.179. The lowest BCUT2D eigenvalue weighted by Gasteiger charge is -2.10. The van der Waals surface area contributed by atoms with Crippen LogP contribution in [0.15, 0.2) is 42.5 Å². The Morgan fingerprint density at radius 1 is 1.15 bits per heavy atom. The molecule has 104 valence electrons. The van der Waals surface area contributed by atoms with Crippen molar-refractivity contribution in [1.82, 2.24) is 5.32 Å². The van der Waals surface area contributed by atoms with Gasteiger partial charge < -0.3 is 10.6 Å². The predicted molar refractivity (Wildman–Crippen MR) is 78.2 cm³/mol. The van der Waals surface area contributed by atoms with Gasteiger partial charge in [0.25, 0.3) is 0 Å². The van der Waals surface area contributed by atoms with Gasteiger partial charge in [-0.15, -0.1) is 0 Å². The van der Waals surface area contributed by atoms with Crippen molar-refractivity contribution in [3.63, 3.8) is 0 Å². The van der Waals surface area contributed by atoms with E-state index in [0.29, 0.717) is 6.54 Å². The highest BCUT2D eigenvalue weighted by atomic mass is 19.1. The van der Waals surface area contributed by atoms with Gasteiger partial charge in [-0.3, -0.25) is 0 Å². The van der Waals surface area contributed by atoms with Crippen LogP contribution in [0.5, 0.6) is 0 Å². The van der Waals surface area contributed by atoms with E-state index in [4.69, 9.17) is 0 Å². The fourth-order valence-corrected chi connectivity index (χ4v) is 1.87. The van der Waals surface area contributed by atoms with E-state index in [9.17, 15) is 9.18 Å². The number of carbonyl (C=O) groups excluding carboxylic acids is 1. The summed E-state index contributed by atoms with van der Waals surface area (Å²) in [5.41, 5.74) is 3.13. The Balaban J connectivity index is 1.94. The summed E-state index contributed by atoms with van der Waals surface area (Å²) in [6.45, 7) is 4.19. The molecule has 2 rings (SSSR count). The first-order valence-corrected chi connectivity index (χ1v) is 6.42. The van der Waals surface area contributed by atoms with Gasteiger partial charge in [0, 0.05) is 6.54 Å². The van der Waals surface area contributed by atoms with Gasteiger partial charge >= 0.3 is 6.03 Å². The lowest BCUT2D eigenvalue weighted by Crippen LogP contribution is -2.28. The molecule has 20 heavy (non-hydrogen) atoms. The standard InChI is InChI=1S/C16H17FN2O/c1-11-7-8-15(14(17)9-11)19-16(20)18-10-13-6-4-3-5-12(13)2/h3-9H,10H2,1-2H3,(H2,18,19,20). The van der Waals surface area contributed by atoms with Crippen LogP contribution in [0.4, 0.5) is 14.9 Å². The number of hydrogen-bond acceptors (Lipinski definition) is 1. The summed E-state index contributed by atoms with van der Waals surface area (Å²) in [5, 5.41) is 5.22. The van der Waals surface area contributed by atoms with Crippen molar-refractivity contribution >= 4 is 11.7 Å². The summed E-state index contributed by atoms with van der Waals surface area (Å²) in [6.07, 6.45) is 0. The van der Waals surface area contributed by atoms with Crippen molar-refractivity contribution < 1.29 is 9.18 Å². The van der Waals surface area contributed by atoms with Gasteiger partial charge in [0.15, 0.2) is 0 Å². The van der Waals surface area contributed by atoms with Gasteiger partial charge in [-0.25, -0.2) is 9.18 Å². The van der Waals surface area contributed by atoms with Crippen LogP contribution >= 0.6 is 0 Å². The van der Waals surface area contributed by atoms with E-state index in [2.05, 4.69) is 10.6 Å². The molecule has 0 fully saturated rings. The highest BCUT2D eigenvalue weighted by Crippen LogP contribution is 2.15. The Kier molecular flexibility index (Phi) is 4.35. The zero-order chi connectivity index (χ0) is 14.5. The second kappa shape index (κ2) is 6.19. The molecule has 2 aromatic carbocycles. The summed E-state index contributed by atoms with van der Waals surface area (Å²) in [5.74, 6) is -0.434. The average molecular weight is 272 g/mol. The van der Waals surface area contributed by atoms with Crippen molar-refractivity contribution in [2.24, 2.45) is 0 Å². The lowest BCUT2D eigenvalue weighted by atomic mass is 10.1. The number of carbonyl (C=O) groups is 1. The minimum atomic E-state index is -0.434. The van der Waals surface area contributed by atoms with Crippen LogP contribution in [0.2, 0.25) is 0 Å². The molecule has 0 saturated carbocycles. The molecule has 0 aromatic heterocycles. The molecule has 0 aliphatic rings. The van der Waals surface area contributed by atoms with Crippen LogP contribution in [0.3, 0.4) is 0 Å². The molecule has 4 heteroatoms. The monoisotopic (exact) mass is 272 g/mol. The molecule has 2 amide bonds. The lowest BCUT2D eigenvalue weighted by molar-refractivity contribution is 0.251. The third-order valence-electron chi connectivity index (χ3n) is 3.07. The fraction of sp³-hybridized carbons (Fsp3) is 0.188. The number of benzene rings is 2. The predicted octanol–water partition coefficient (Wildman–Crippen LogP) is 3.76. The number of amides is 2. The van der Waals surface area contributed by atoms with E-state index in [-0.39, 0.29) is 5.69 Å². The Labute approximate surface area is 117 Å². The first-order chi connectivity index (χ1) is 9.56. The molecule has 0 aliphatic heterocycles. The summed E-state index contributed by atoms with van der Waals surface area (Å²) in [4.78, 5) is 11.7. The average Bonchev–Trinajstić information content (AvgIpc) is 2.41. The quantitative estimate of drug-likeness (QED) is 0.877. The summed E-state index contributed by atoms with van der Waals surface area (Å²) >= 11 is 0. The van der Waals surface area contributed by atoms with E-state index in [1.807, 2.05) is 31.2 Å². The Bertz CT molecular complexity index is 626.